The number of para-hydroxylation sites is 1. The summed E-state index contributed by atoms with van der Waals surface area (Å²) in [4.78, 5) is 4.11. The molecule has 0 amide bonds. The van der Waals surface area contributed by atoms with Crippen molar-refractivity contribution >= 4 is 23.0 Å². The van der Waals surface area contributed by atoms with E-state index in [1.54, 1.807) is 18.2 Å². The van der Waals surface area contributed by atoms with Crippen molar-refractivity contribution in [2.24, 2.45) is 0 Å². The maximum absolute atomic E-state index is 13.2. The van der Waals surface area contributed by atoms with E-state index in [2.05, 4.69) is 9.80 Å². The van der Waals surface area contributed by atoms with E-state index >= 15 is 0 Å². The lowest BCUT2D eigenvalue weighted by Gasteiger charge is -2.29. The number of nitrogens with zero attached hydrogens (tertiary/aromatic N) is 2. The number of hydrogen-bond donors (Lipinski definition) is 3. The van der Waals surface area contributed by atoms with Crippen LogP contribution in [0.25, 0.3) is 0 Å². The summed E-state index contributed by atoms with van der Waals surface area (Å²) in [7, 11) is 1.96. The summed E-state index contributed by atoms with van der Waals surface area (Å²) in [6.45, 7) is -0.149. The lowest BCUT2D eigenvalue weighted by atomic mass is 9.92. The van der Waals surface area contributed by atoms with Gasteiger partial charge in [-0.2, -0.15) is 0 Å². The van der Waals surface area contributed by atoms with Gasteiger partial charge in [0.2, 0.25) is 0 Å². The zero-order valence-corrected chi connectivity index (χ0v) is 19.8. The Kier molecular flexibility index (Phi) is 7.46. The molecule has 7 heteroatoms. The summed E-state index contributed by atoms with van der Waals surface area (Å²) in [6, 6.07) is 20.7. The van der Waals surface area contributed by atoms with E-state index in [0.717, 1.165) is 17.7 Å². The van der Waals surface area contributed by atoms with Crippen LogP contribution in [-0.4, -0.2) is 38.4 Å². The van der Waals surface area contributed by atoms with Crippen molar-refractivity contribution in [3.8, 4) is 5.75 Å². The Morgan fingerprint density at radius 1 is 1.03 bits per heavy atom. The molecule has 5 nitrogen and oxygen atoms in total. The van der Waals surface area contributed by atoms with Gasteiger partial charge < -0.3 is 25.1 Å². The predicted molar refractivity (Wildman–Crippen MR) is 135 cm³/mol. The molecule has 0 spiro atoms. The second-order valence-electron chi connectivity index (χ2n) is 8.66. The molecule has 0 unspecified atom stereocenters. The van der Waals surface area contributed by atoms with Crippen molar-refractivity contribution in [2.45, 2.75) is 44.1 Å². The van der Waals surface area contributed by atoms with Crippen molar-refractivity contribution in [2.75, 3.05) is 11.9 Å². The second-order valence-corrected chi connectivity index (χ2v) is 9.03. The van der Waals surface area contributed by atoms with Gasteiger partial charge in [-0.25, -0.2) is 4.39 Å². The van der Waals surface area contributed by atoms with Crippen LogP contribution in [0.2, 0.25) is 0 Å². The zero-order valence-electron chi connectivity index (χ0n) is 19.0. The molecule has 3 aromatic carbocycles. The normalized spacial score (nSPS) is 19.0. The van der Waals surface area contributed by atoms with Crippen molar-refractivity contribution in [1.82, 2.24) is 4.90 Å². The van der Waals surface area contributed by atoms with Crippen LogP contribution in [0.5, 0.6) is 5.75 Å². The van der Waals surface area contributed by atoms with Gasteiger partial charge in [0.15, 0.2) is 5.11 Å². The third-order valence-corrected chi connectivity index (χ3v) is 7.00. The van der Waals surface area contributed by atoms with Crippen LogP contribution in [-0.2, 0) is 6.61 Å². The first-order chi connectivity index (χ1) is 16.4. The third kappa shape index (κ3) is 4.92. The van der Waals surface area contributed by atoms with Crippen LogP contribution in [0.3, 0.4) is 0 Å². The Morgan fingerprint density at radius 2 is 1.74 bits per heavy atom. The van der Waals surface area contributed by atoms with Crippen molar-refractivity contribution in [3.05, 3.63) is 95.3 Å². The summed E-state index contributed by atoms with van der Waals surface area (Å²) in [5, 5.41) is 31.6. The highest BCUT2D eigenvalue weighted by molar-refractivity contribution is 7.80. The highest BCUT2D eigenvalue weighted by Crippen LogP contribution is 2.43. The molecule has 178 valence electrons. The monoisotopic (exact) mass is 480 g/mol. The van der Waals surface area contributed by atoms with E-state index in [0.29, 0.717) is 29.1 Å². The van der Waals surface area contributed by atoms with Gasteiger partial charge in [0.05, 0.1) is 24.8 Å². The SMILES string of the molecule is CN1C(=S)N(c2ccccc2)[C@H](c2ccc(CO)cc2O)[C@H]1CCC[C@@H](O)c1ccc(F)cc1. The van der Waals surface area contributed by atoms with Crippen LogP contribution in [0.1, 0.15) is 48.1 Å². The summed E-state index contributed by atoms with van der Waals surface area (Å²) in [5.74, 6) is -0.208. The number of anilines is 1. The Labute approximate surface area is 204 Å². The van der Waals surface area contributed by atoms with Crippen molar-refractivity contribution < 1.29 is 19.7 Å². The van der Waals surface area contributed by atoms with Gasteiger partial charge in [0, 0.05) is 18.3 Å². The standard InChI is InChI=1S/C27H29FN2O3S/c1-29-23(8-5-9-24(32)19-11-13-20(28)14-12-19)26(22-15-10-18(17-31)16-25(22)33)30(27(29)34)21-6-3-2-4-7-21/h2-4,6-7,10-16,23-24,26,31-33H,5,8-9,17H2,1H3/t23-,24-,26-/m1/s1. The lowest BCUT2D eigenvalue weighted by molar-refractivity contribution is 0.159. The predicted octanol–water partition coefficient (Wildman–Crippen LogP) is 5.07. The summed E-state index contributed by atoms with van der Waals surface area (Å²) < 4.78 is 13.2. The third-order valence-electron chi connectivity index (χ3n) is 6.51. The number of phenols is 1. The molecule has 1 heterocycles. The van der Waals surface area contributed by atoms with Gasteiger partial charge in [-0.15, -0.1) is 0 Å². The van der Waals surface area contributed by atoms with Gasteiger partial charge in [-0.3, -0.25) is 0 Å². The first kappa shape index (κ1) is 24.1. The molecular formula is C27H29FN2O3S. The van der Waals surface area contributed by atoms with E-state index in [9.17, 15) is 19.7 Å². The topological polar surface area (TPSA) is 67.2 Å². The van der Waals surface area contributed by atoms with E-state index in [-0.39, 0.29) is 30.3 Å². The van der Waals surface area contributed by atoms with Gasteiger partial charge in [-0.1, -0.05) is 42.5 Å². The number of aliphatic hydroxyl groups excluding tert-OH is 2. The maximum Gasteiger partial charge on any atom is 0.176 e. The minimum Gasteiger partial charge on any atom is -0.508 e. The Balaban J connectivity index is 1.60. The Hall–Kier alpha value is -3.00. The second kappa shape index (κ2) is 10.5. The van der Waals surface area contributed by atoms with Gasteiger partial charge in [0.1, 0.15) is 11.6 Å². The lowest BCUT2D eigenvalue weighted by Crippen LogP contribution is -2.30. The fraction of sp³-hybridized carbons (Fsp3) is 0.296. The van der Waals surface area contributed by atoms with E-state index < -0.39 is 6.10 Å². The molecule has 1 aliphatic rings. The molecule has 1 fully saturated rings. The molecule has 0 saturated carbocycles. The summed E-state index contributed by atoms with van der Waals surface area (Å²) >= 11 is 5.83. The smallest absolute Gasteiger partial charge is 0.176 e. The number of benzene rings is 3. The number of hydrogen-bond acceptors (Lipinski definition) is 4. The maximum atomic E-state index is 13.2. The van der Waals surface area contributed by atoms with E-state index in [1.165, 1.54) is 12.1 Å². The number of aromatic hydroxyl groups is 1. The minimum absolute atomic E-state index is 0.0426. The van der Waals surface area contributed by atoms with Gasteiger partial charge in [0.25, 0.3) is 0 Å². The van der Waals surface area contributed by atoms with Crippen LogP contribution in [0.15, 0.2) is 72.8 Å². The van der Waals surface area contributed by atoms with Gasteiger partial charge in [-0.05, 0) is 72.9 Å². The highest BCUT2D eigenvalue weighted by Gasteiger charge is 2.43. The van der Waals surface area contributed by atoms with Crippen molar-refractivity contribution in [1.29, 1.82) is 0 Å². The molecule has 3 aromatic rings. The number of thiocarbonyl (C=S) groups is 1. The van der Waals surface area contributed by atoms with E-state index in [4.69, 9.17) is 12.2 Å². The zero-order chi connectivity index (χ0) is 24.2. The number of aliphatic hydroxyl groups is 2. The summed E-state index contributed by atoms with van der Waals surface area (Å²) in [6.07, 6.45) is 1.28. The number of rotatable bonds is 8. The number of likely N-dealkylation sites (N-methyl/N-ethyl adjacent to an activating group) is 1. The average molecular weight is 481 g/mol. The molecule has 0 radical (unpaired) electrons. The largest absolute Gasteiger partial charge is 0.508 e. The molecule has 3 N–H and O–H groups in total. The first-order valence-electron chi connectivity index (χ1n) is 11.4. The molecule has 0 aliphatic carbocycles. The minimum atomic E-state index is -0.680. The van der Waals surface area contributed by atoms with E-state index in [1.807, 2.05) is 49.5 Å². The van der Waals surface area contributed by atoms with Crippen LogP contribution in [0, 0.1) is 5.82 Å². The quantitative estimate of drug-likeness (QED) is 0.391. The fourth-order valence-corrected chi connectivity index (χ4v) is 5.04. The molecule has 0 aromatic heterocycles. The number of halogens is 1. The summed E-state index contributed by atoms with van der Waals surface area (Å²) in [5.41, 5.74) is 3.00. The van der Waals surface area contributed by atoms with Crippen molar-refractivity contribution in [3.63, 3.8) is 0 Å². The Bertz CT molecular complexity index is 1130. The highest BCUT2D eigenvalue weighted by atomic mass is 32.1. The van der Waals surface area contributed by atoms with Crippen LogP contribution < -0.4 is 4.90 Å². The van der Waals surface area contributed by atoms with Gasteiger partial charge >= 0.3 is 0 Å². The molecule has 4 rings (SSSR count). The molecule has 1 aliphatic heterocycles. The van der Waals surface area contributed by atoms with Crippen LogP contribution >= 0.6 is 12.2 Å². The first-order valence-corrected chi connectivity index (χ1v) is 11.8. The molecule has 0 bridgehead atoms. The average Bonchev–Trinajstić information content (AvgIpc) is 3.09. The van der Waals surface area contributed by atoms with Crippen LogP contribution in [0.4, 0.5) is 10.1 Å². The molecule has 34 heavy (non-hydrogen) atoms. The molecule has 3 atom stereocenters. The fourth-order valence-electron chi connectivity index (χ4n) is 4.68. The molecular weight excluding hydrogens is 451 g/mol. The number of phenolic OH excluding ortho intramolecular Hbond substituents is 1. The Morgan fingerprint density at radius 3 is 2.38 bits per heavy atom. The molecule has 1 saturated heterocycles.